The molecule has 7 heteroatoms. The lowest BCUT2D eigenvalue weighted by molar-refractivity contribution is 0.590. The Kier molecular flexibility index (Phi) is 3.68. The molecule has 3 rings (SSSR count). The van der Waals surface area contributed by atoms with Crippen LogP contribution in [0.15, 0.2) is 28.5 Å². The van der Waals surface area contributed by atoms with Crippen molar-refractivity contribution in [2.75, 3.05) is 0 Å². The largest absolute Gasteiger partial charge is 0.384 e. The lowest BCUT2D eigenvalue weighted by Gasteiger charge is -2.06. The molecule has 0 bridgehead atoms. The number of nitrogens with two attached hydrogens (primary N) is 1. The fraction of sp³-hybridized carbons (Fsp3) is 0.385. The predicted molar refractivity (Wildman–Crippen MR) is 77.0 cm³/mol. The maximum absolute atomic E-state index is 7.36. The van der Waals surface area contributed by atoms with Crippen LogP contribution < -0.4 is 5.73 Å². The first-order chi connectivity index (χ1) is 9.74. The molecular formula is C13H16N6S. The van der Waals surface area contributed by atoms with Crippen LogP contribution in [0.5, 0.6) is 0 Å². The van der Waals surface area contributed by atoms with Crippen molar-refractivity contribution in [3.05, 3.63) is 29.7 Å². The van der Waals surface area contributed by atoms with Crippen molar-refractivity contribution in [2.45, 2.75) is 42.4 Å². The minimum Gasteiger partial charge on any atom is -0.384 e. The van der Waals surface area contributed by atoms with Gasteiger partial charge in [-0.3, -0.25) is 5.41 Å². The second kappa shape index (κ2) is 5.62. The number of nitrogen functional groups attached to an aromatic ring is 1. The molecule has 0 aromatic carbocycles. The molecule has 2 aromatic rings. The fourth-order valence-electron chi connectivity index (χ4n) is 2.23. The minimum atomic E-state index is 0.0328. The Morgan fingerprint density at radius 3 is 2.90 bits per heavy atom. The molecule has 20 heavy (non-hydrogen) atoms. The molecule has 0 unspecified atom stereocenters. The van der Waals surface area contributed by atoms with Crippen LogP contribution in [-0.4, -0.2) is 25.6 Å². The van der Waals surface area contributed by atoms with E-state index in [2.05, 4.69) is 19.7 Å². The van der Waals surface area contributed by atoms with E-state index >= 15 is 0 Å². The Morgan fingerprint density at radius 2 is 2.15 bits per heavy atom. The van der Waals surface area contributed by atoms with Crippen LogP contribution in [0.25, 0.3) is 0 Å². The molecule has 3 heterocycles. The van der Waals surface area contributed by atoms with Gasteiger partial charge in [-0.05, 0) is 36.7 Å². The highest BCUT2D eigenvalue weighted by Crippen LogP contribution is 2.27. The van der Waals surface area contributed by atoms with E-state index in [1.807, 2.05) is 6.07 Å². The molecule has 0 saturated heterocycles. The number of nitrogens with zero attached hydrogens (tertiary/aromatic N) is 4. The summed E-state index contributed by atoms with van der Waals surface area (Å²) in [7, 11) is 0. The summed E-state index contributed by atoms with van der Waals surface area (Å²) in [5.41, 5.74) is 6.05. The van der Waals surface area contributed by atoms with E-state index in [1.54, 1.807) is 12.3 Å². The van der Waals surface area contributed by atoms with Crippen molar-refractivity contribution in [1.82, 2.24) is 19.7 Å². The van der Waals surface area contributed by atoms with Gasteiger partial charge in [0.25, 0.3) is 0 Å². The summed E-state index contributed by atoms with van der Waals surface area (Å²) >= 11 is 1.51. The Bertz CT molecular complexity index is 618. The maximum Gasteiger partial charge on any atom is 0.197 e. The number of amidine groups is 1. The molecule has 3 N–H and O–H groups in total. The monoisotopic (exact) mass is 288 g/mol. The molecule has 0 atom stereocenters. The van der Waals surface area contributed by atoms with Gasteiger partial charge in [-0.25, -0.2) is 4.98 Å². The van der Waals surface area contributed by atoms with Crippen LogP contribution >= 0.6 is 11.8 Å². The molecule has 0 radical (unpaired) electrons. The number of aromatic nitrogens is 4. The zero-order valence-corrected chi connectivity index (χ0v) is 11.9. The quantitative estimate of drug-likeness (QED) is 0.664. The molecular weight excluding hydrogens is 272 g/mol. The van der Waals surface area contributed by atoms with E-state index in [0.29, 0.717) is 5.56 Å². The number of aryl methyl sites for hydroxylation is 1. The molecule has 2 aromatic heterocycles. The summed E-state index contributed by atoms with van der Waals surface area (Å²) in [5, 5.41) is 17.6. The van der Waals surface area contributed by atoms with E-state index < -0.39 is 0 Å². The normalized spacial score (nSPS) is 14.6. The summed E-state index contributed by atoms with van der Waals surface area (Å²) < 4.78 is 2.19. The predicted octanol–water partition coefficient (Wildman–Crippen LogP) is 1.83. The van der Waals surface area contributed by atoms with Crippen LogP contribution in [0.4, 0.5) is 0 Å². The Morgan fingerprint density at radius 1 is 1.25 bits per heavy atom. The first-order valence-electron chi connectivity index (χ1n) is 6.64. The molecule has 1 aliphatic rings. The summed E-state index contributed by atoms with van der Waals surface area (Å²) in [6.07, 6.45) is 6.23. The standard InChI is InChI=1S/C13H16N6S/c14-12(15)9-5-6-11(16-8-9)20-13-18-17-10-4-2-1-3-7-19(10)13/h5-6,8H,1-4,7H2,(H3,14,15). The van der Waals surface area contributed by atoms with Crippen molar-refractivity contribution in [2.24, 2.45) is 5.73 Å². The fourth-order valence-corrected chi connectivity index (χ4v) is 3.04. The smallest absolute Gasteiger partial charge is 0.197 e. The van der Waals surface area contributed by atoms with Crippen LogP contribution in [0.3, 0.4) is 0 Å². The number of hydrogen-bond donors (Lipinski definition) is 2. The van der Waals surface area contributed by atoms with Gasteiger partial charge in [0, 0.05) is 24.7 Å². The van der Waals surface area contributed by atoms with Crippen LogP contribution in [0, 0.1) is 5.41 Å². The second-order valence-corrected chi connectivity index (χ2v) is 5.75. The highest BCUT2D eigenvalue weighted by Gasteiger charge is 2.15. The van der Waals surface area contributed by atoms with Gasteiger partial charge in [0.05, 0.1) is 0 Å². The number of fused-ring (bicyclic) bond motifs is 1. The molecule has 0 fully saturated rings. The first-order valence-corrected chi connectivity index (χ1v) is 7.46. The van der Waals surface area contributed by atoms with Gasteiger partial charge in [0.1, 0.15) is 16.7 Å². The summed E-state index contributed by atoms with van der Waals surface area (Å²) in [5.74, 6) is 1.11. The highest BCUT2D eigenvalue weighted by atomic mass is 32.2. The average Bonchev–Trinajstić information content (AvgIpc) is 2.69. The Labute approximate surface area is 121 Å². The van der Waals surface area contributed by atoms with E-state index in [0.717, 1.165) is 29.0 Å². The van der Waals surface area contributed by atoms with E-state index in [1.165, 1.54) is 31.0 Å². The van der Waals surface area contributed by atoms with Crippen molar-refractivity contribution in [3.63, 3.8) is 0 Å². The third-order valence-electron chi connectivity index (χ3n) is 3.32. The van der Waals surface area contributed by atoms with Gasteiger partial charge in [0.15, 0.2) is 5.16 Å². The van der Waals surface area contributed by atoms with Gasteiger partial charge in [0.2, 0.25) is 0 Å². The molecule has 1 aliphatic heterocycles. The minimum absolute atomic E-state index is 0.0328. The third-order valence-corrected chi connectivity index (χ3v) is 4.25. The van der Waals surface area contributed by atoms with E-state index in [4.69, 9.17) is 11.1 Å². The first kappa shape index (κ1) is 13.1. The van der Waals surface area contributed by atoms with Gasteiger partial charge in [-0.15, -0.1) is 10.2 Å². The summed E-state index contributed by atoms with van der Waals surface area (Å²) in [6.45, 7) is 0.982. The lowest BCUT2D eigenvalue weighted by atomic mass is 10.2. The average molecular weight is 288 g/mol. The van der Waals surface area contributed by atoms with E-state index in [9.17, 15) is 0 Å². The van der Waals surface area contributed by atoms with Crippen LogP contribution in [0.1, 0.15) is 30.7 Å². The zero-order valence-electron chi connectivity index (χ0n) is 11.0. The van der Waals surface area contributed by atoms with Crippen molar-refractivity contribution < 1.29 is 0 Å². The van der Waals surface area contributed by atoms with Gasteiger partial charge < -0.3 is 10.3 Å². The van der Waals surface area contributed by atoms with Crippen molar-refractivity contribution in [3.8, 4) is 0 Å². The molecule has 0 aliphatic carbocycles. The molecule has 104 valence electrons. The molecule has 0 spiro atoms. The SMILES string of the molecule is N=C(N)c1ccc(Sc2nnc3n2CCCCC3)nc1. The van der Waals surface area contributed by atoms with Crippen LogP contribution in [0.2, 0.25) is 0 Å². The molecule has 0 saturated carbocycles. The zero-order chi connectivity index (χ0) is 13.9. The van der Waals surface area contributed by atoms with Crippen molar-refractivity contribution in [1.29, 1.82) is 5.41 Å². The summed E-state index contributed by atoms with van der Waals surface area (Å²) in [4.78, 5) is 4.31. The number of pyridine rings is 1. The Balaban J connectivity index is 1.81. The Hall–Kier alpha value is -1.89. The number of hydrogen-bond acceptors (Lipinski definition) is 5. The van der Waals surface area contributed by atoms with Gasteiger partial charge >= 0.3 is 0 Å². The van der Waals surface area contributed by atoms with Gasteiger partial charge in [-0.1, -0.05) is 6.42 Å². The second-order valence-electron chi connectivity index (χ2n) is 4.76. The van der Waals surface area contributed by atoms with Crippen molar-refractivity contribution >= 4 is 17.6 Å². The van der Waals surface area contributed by atoms with E-state index in [-0.39, 0.29) is 5.84 Å². The van der Waals surface area contributed by atoms with Crippen LogP contribution in [-0.2, 0) is 13.0 Å². The van der Waals surface area contributed by atoms with Gasteiger partial charge in [-0.2, -0.15) is 0 Å². The molecule has 6 nitrogen and oxygen atoms in total. The highest BCUT2D eigenvalue weighted by molar-refractivity contribution is 7.99. The molecule has 0 amide bonds. The maximum atomic E-state index is 7.36. The third kappa shape index (κ3) is 2.67. The summed E-state index contributed by atoms with van der Waals surface area (Å²) in [6, 6.07) is 3.66. The number of rotatable bonds is 3. The lowest BCUT2D eigenvalue weighted by Crippen LogP contribution is -2.11. The number of nitrogens with one attached hydrogen (secondary N) is 1. The topological polar surface area (TPSA) is 93.5 Å².